The number of hydrogen-bond donors (Lipinski definition) is 5. The maximum absolute atomic E-state index is 14.1. The fourth-order valence-corrected chi connectivity index (χ4v) is 4.05. The number of allylic oxidation sites excluding steroid dienone is 1. The number of carbonyl (C=O) groups excluding carboxylic acids is 1. The van der Waals surface area contributed by atoms with Crippen LogP contribution in [0.25, 0.3) is 5.57 Å². The highest BCUT2D eigenvalue weighted by atomic mass is 19.3. The molecule has 0 aliphatic carbocycles. The summed E-state index contributed by atoms with van der Waals surface area (Å²) in [6.07, 6.45) is 3.32. The average Bonchev–Trinajstić information content (AvgIpc) is 2.88. The summed E-state index contributed by atoms with van der Waals surface area (Å²) in [5.41, 5.74) is 16.2. The van der Waals surface area contributed by atoms with E-state index in [1.165, 1.54) is 18.5 Å². The normalized spacial score (nSPS) is 15.9. The number of nitrogens with one attached hydrogen (secondary N) is 3. The van der Waals surface area contributed by atoms with Gasteiger partial charge < -0.3 is 32.3 Å². The van der Waals surface area contributed by atoms with E-state index in [-0.39, 0.29) is 11.6 Å². The molecule has 0 bridgehead atoms. The lowest BCUT2D eigenvalue weighted by Crippen LogP contribution is -2.44. The largest absolute Gasteiger partial charge is 0.404 e. The van der Waals surface area contributed by atoms with E-state index in [1.54, 1.807) is 18.0 Å². The minimum absolute atomic E-state index is 0.142. The molecule has 2 rings (SSSR count). The predicted molar refractivity (Wildman–Crippen MR) is 151 cm³/mol. The highest BCUT2D eigenvalue weighted by Crippen LogP contribution is 2.34. The highest BCUT2D eigenvalue weighted by Gasteiger charge is 2.25. The Hall–Kier alpha value is -2.98. The summed E-state index contributed by atoms with van der Waals surface area (Å²) in [5.74, 6) is 0. The van der Waals surface area contributed by atoms with Gasteiger partial charge in [0, 0.05) is 73.1 Å². The first kappa shape index (κ1) is 32.0. The Morgan fingerprint density at radius 1 is 1.24 bits per heavy atom. The van der Waals surface area contributed by atoms with Crippen LogP contribution in [-0.4, -0.2) is 64.0 Å². The second-order valence-corrected chi connectivity index (χ2v) is 9.06. The van der Waals surface area contributed by atoms with Crippen LogP contribution in [0.3, 0.4) is 0 Å². The van der Waals surface area contributed by atoms with E-state index in [4.69, 9.17) is 11.5 Å². The first-order valence-electron chi connectivity index (χ1n) is 12.8. The number of benzene rings is 1. The Kier molecular flexibility index (Phi) is 14.5. The van der Waals surface area contributed by atoms with Crippen molar-refractivity contribution in [1.29, 1.82) is 0 Å². The maximum Gasteiger partial charge on any atom is 0.264 e. The van der Waals surface area contributed by atoms with Crippen molar-refractivity contribution in [1.82, 2.24) is 15.5 Å². The van der Waals surface area contributed by atoms with Crippen molar-refractivity contribution in [3.63, 3.8) is 0 Å². The minimum Gasteiger partial charge on any atom is -0.404 e. The molecule has 8 nitrogen and oxygen atoms in total. The number of anilines is 1. The van der Waals surface area contributed by atoms with E-state index in [2.05, 4.69) is 34.8 Å². The van der Waals surface area contributed by atoms with Gasteiger partial charge in [-0.3, -0.25) is 9.79 Å². The monoisotopic (exact) mass is 521 g/mol. The van der Waals surface area contributed by atoms with Gasteiger partial charge in [-0.15, -0.1) is 0 Å². The zero-order valence-corrected chi connectivity index (χ0v) is 23.1. The fraction of sp³-hybridized carbons (Fsp3) is 0.556. The SMILES string of the molecule is CCCc1cc(/C(C=NC)=C/N)c(C(F)F)cc1NC(N)C1=C(NC(C)CC)CCN(C=O)C1.CNC. The van der Waals surface area contributed by atoms with Crippen LogP contribution < -0.4 is 27.4 Å². The lowest BCUT2D eigenvalue weighted by molar-refractivity contribution is -0.118. The Balaban J connectivity index is 0.00000217. The molecule has 10 heteroatoms. The Morgan fingerprint density at radius 3 is 2.43 bits per heavy atom. The lowest BCUT2D eigenvalue weighted by atomic mass is 9.94. The van der Waals surface area contributed by atoms with Crippen molar-refractivity contribution in [3.8, 4) is 0 Å². The molecule has 2 unspecified atom stereocenters. The van der Waals surface area contributed by atoms with Gasteiger partial charge in [-0.1, -0.05) is 20.3 Å². The summed E-state index contributed by atoms with van der Waals surface area (Å²) in [4.78, 5) is 17.0. The smallest absolute Gasteiger partial charge is 0.264 e. The molecule has 1 heterocycles. The molecule has 0 saturated carbocycles. The van der Waals surface area contributed by atoms with E-state index in [0.717, 1.165) is 36.1 Å². The second-order valence-electron chi connectivity index (χ2n) is 9.06. The summed E-state index contributed by atoms with van der Waals surface area (Å²) in [6, 6.07) is 3.45. The molecule has 2 atom stereocenters. The molecule has 0 radical (unpaired) electrons. The molecule has 7 N–H and O–H groups in total. The topological polar surface area (TPSA) is 121 Å². The van der Waals surface area contributed by atoms with Crippen LogP contribution in [0.15, 0.2) is 34.6 Å². The number of alkyl halides is 2. The Morgan fingerprint density at radius 2 is 1.92 bits per heavy atom. The van der Waals surface area contributed by atoms with Crippen molar-refractivity contribution in [3.05, 3.63) is 46.3 Å². The number of aryl methyl sites for hydroxylation is 1. The third-order valence-corrected chi connectivity index (χ3v) is 6.07. The number of rotatable bonds is 12. The number of halogens is 2. The van der Waals surface area contributed by atoms with Gasteiger partial charge in [0.25, 0.3) is 6.43 Å². The molecule has 1 aromatic rings. The van der Waals surface area contributed by atoms with E-state index >= 15 is 0 Å². The number of aliphatic imine (C=N–C) groups is 1. The van der Waals surface area contributed by atoms with E-state index in [0.29, 0.717) is 42.8 Å². The van der Waals surface area contributed by atoms with Gasteiger partial charge in [0.2, 0.25) is 6.41 Å². The third-order valence-electron chi connectivity index (χ3n) is 6.07. The van der Waals surface area contributed by atoms with Crippen LogP contribution in [0.4, 0.5) is 14.5 Å². The summed E-state index contributed by atoms with van der Waals surface area (Å²) in [7, 11) is 5.32. The van der Waals surface area contributed by atoms with Crippen molar-refractivity contribution < 1.29 is 13.6 Å². The minimum atomic E-state index is -2.70. The van der Waals surface area contributed by atoms with Crippen LogP contribution in [0.1, 0.15) is 63.1 Å². The Labute approximate surface area is 220 Å². The van der Waals surface area contributed by atoms with Crippen molar-refractivity contribution in [2.24, 2.45) is 16.5 Å². The maximum atomic E-state index is 14.1. The fourth-order valence-electron chi connectivity index (χ4n) is 4.05. The van der Waals surface area contributed by atoms with Crippen LogP contribution >= 0.6 is 0 Å². The molecule has 208 valence electrons. The molecular weight excluding hydrogens is 476 g/mol. The van der Waals surface area contributed by atoms with E-state index in [9.17, 15) is 13.6 Å². The zero-order chi connectivity index (χ0) is 28.0. The molecule has 0 spiro atoms. The first-order chi connectivity index (χ1) is 17.7. The molecule has 1 aliphatic rings. The standard InChI is InChI=1S/C25H38F2N6O.C2H7N/c1-5-7-17-10-19(18(12-28)13-30-4)20(24(26)27)11-23(17)32-25(29)21-14-33(15-34)9-8-22(21)31-16(3)6-2;1-3-2/h10-13,15-16,24-25,31-32H,5-9,14,28-29H2,1-4H3;3H,1-2H3/b18-12+,30-13?;. The molecule has 1 amide bonds. The van der Waals surface area contributed by atoms with Gasteiger partial charge >= 0.3 is 0 Å². The number of amides is 1. The van der Waals surface area contributed by atoms with Crippen LogP contribution in [0.5, 0.6) is 0 Å². The molecular formula is C27H45F2N7O. The van der Waals surface area contributed by atoms with Gasteiger partial charge in [-0.2, -0.15) is 0 Å². The summed E-state index contributed by atoms with van der Waals surface area (Å²) in [6.45, 7) is 7.19. The predicted octanol–water partition coefficient (Wildman–Crippen LogP) is 3.61. The number of carbonyl (C=O) groups is 1. The molecule has 0 fully saturated rings. The van der Waals surface area contributed by atoms with Gasteiger partial charge in [0.15, 0.2) is 0 Å². The molecule has 1 aromatic carbocycles. The lowest BCUT2D eigenvalue weighted by Gasteiger charge is -2.33. The highest BCUT2D eigenvalue weighted by molar-refractivity contribution is 6.10. The summed E-state index contributed by atoms with van der Waals surface area (Å²) in [5, 5.41) is 9.52. The molecule has 1 aliphatic heterocycles. The van der Waals surface area contributed by atoms with Crippen LogP contribution in [0.2, 0.25) is 0 Å². The summed E-state index contributed by atoms with van der Waals surface area (Å²) < 4.78 is 28.1. The Bertz CT molecular complexity index is 947. The van der Waals surface area contributed by atoms with Crippen molar-refractivity contribution >= 4 is 23.9 Å². The van der Waals surface area contributed by atoms with Gasteiger partial charge in [-0.25, -0.2) is 8.78 Å². The van der Waals surface area contributed by atoms with Gasteiger partial charge in [-0.05, 0) is 57.1 Å². The second kappa shape index (κ2) is 16.7. The van der Waals surface area contributed by atoms with Crippen molar-refractivity contribution in [2.45, 2.75) is 65.1 Å². The van der Waals surface area contributed by atoms with E-state index < -0.39 is 12.6 Å². The summed E-state index contributed by atoms with van der Waals surface area (Å²) >= 11 is 0. The van der Waals surface area contributed by atoms with Crippen LogP contribution in [-0.2, 0) is 11.2 Å². The van der Waals surface area contributed by atoms with Gasteiger partial charge in [0.1, 0.15) is 6.17 Å². The molecule has 0 saturated heterocycles. The van der Waals surface area contributed by atoms with Crippen molar-refractivity contribution in [2.75, 3.05) is 39.5 Å². The first-order valence-corrected chi connectivity index (χ1v) is 12.8. The molecule has 0 aromatic heterocycles. The quantitative estimate of drug-likeness (QED) is 0.163. The number of nitrogens with two attached hydrogens (primary N) is 2. The molecule has 37 heavy (non-hydrogen) atoms. The number of hydrogen-bond acceptors (Lipinski definition) is 7. The van der Waals surface area contributed by atoms with E-state index in [1.807, 2.05) is 21.0 Å². The zero-order valence-electron chi connectivity index (χ0n) is 23.1. The van der Waals surface area contributed by atoms with Gasteiger partial charge in [0.05, 0.1) is 0 Å². The average molecular weight is 522 g/mol. The third kappa shape index (κ3) is 9.44. The van der Waals surface area contributed by atoms with Crippen LogP contribution in [0, 0.1) is 0 Å². The number of nitrogens with zero attached hydrogens (tertiary/aromatic N) is 2.